The zero-order valence-electron chi connectivity index (χ0n) is 8.04. The SMILES string of the molecule is CC(C)(F)c1cc2cc(O)ccc2s1. The minimum Gasteiger partial charge on any atom is -0.508 e. The van der Waals surface area contributed by atoms with E-state index >= 15 is 0 Å². The van der Waals surface area contributed by atoms with Crippen LogP contribution in [0.5, 0.6) is 5.75 Å². The van der Waals surface area contributed by atoms with Crippen LogP contribution in [0.1, 0.15) is 18.7 Å². The molecule has 0 bridgehead atoms. The van der Waals surface area contributed by atoms with Crippen molar-refractivity contribution in [2.75, 3.05) is 0 Å². The third kappa shape index (κ3) is 1.60. The highest BCUT2D eigenvalue weighted by atomic mass is 32.1. The molecule has 0 aliphatic rings. The summed E-state index contributed by atoms with van der Waals surface area (Å²) in [6.45, 7) is 3.08. The number of thiophene rings is 1. The quantitative estimate of drug-likeness (QED) is 0.758. The van der Waals surface area contributed by atoms with Crippen molar-refractivity contribution < 1.29 is 9.50 Å². The fraction of sp³-hybridized carbons (Fsp3) is 0.273. The van der Waals surface area contributed by atoms with Crippen molar-refractivity contribution in [3.05, 3.63) is 29.1 Å². The van der Waals surface area contributed by atoms with Crippen molar-refractivity contribution in [3.63, 3.8) is 0 Å². The number of aromatic hydroxyl groups is 1. The molecule has 2 rings (SSSR count). The lowest BCUT2D eigenvalue weighted by Gasteiger charge is -2.09. The van der Waals surface area contributed by atoms with Gasteiger partial charge in [0, 0.05) is 9.58 Å². The van der Waals surface area contributed by atoms with E-state index in [1.165, 1.54) is 25.2 Å². The van der Waals surface area contributed by atoms with E-state index < -0.39 is 5.67 Å². The first-order valence-corrected chi connectivity index (χ1v) is 5.20. The molecule has 2 aromatic rings. The lowest BCUT2D eigenvalue weighted by Crippen LogP contribution is -2.05. The maximum absolute atomic E-state index is 13.6. The van der Waals surface area contributed by atoms with E-state index in [4.69, 9.17) is 0 Å². The number of rotatable bonds is 1. The van der Waals surface area contributed by atoms with E-state index in [9.17, 15) is 9.50 Å². The lowest BCUT2D eigenvalue weighted by molar-refractivity contribution is 0.227. The van der Waals surface area contributed by atoms with Gasteiger partial charge in [-0.05, 0) is 43.5 Å². The summed E-state index contributed by atoms with van der Waals surface area (Å²) in [7, 11) is 0. The van der Waals surface area contributed by atoms with Gasteiger partial charge < -0.3 is 5.11 Å². The van der Waals surface area contributed by atoms with Crippen molar-refractivity contribution >= 4 is 21.4 Å². The molecule has 1 aromatic heterocycles. The van der Waals surface area contributed by atoms with Crippen molar-refractivity contribution in [2.24, 2.45) is 0 Å². The first-order valence-electron chi connectivity index (χ1n) is 4.39. The molecule has 0 spiro atoms. The van der Waals surface area contributed by atoms with Crippen molar-refractivity contribution in [2.45, 2.75) is 19.5 Å². The topological polar surface area (TPSA) is 20.2 Å². The minimum atomic E-state index is -1.31. The zero-order chi connectivity index (χ0) is 10.3. The second kappa shape index (κ2) is 2.95. The largest absolute Gasteiger partial charge is 0.508 e. The second-order valence-electron chi connectivity index (χ2n) is 3.81. The van der Waals surface area contributed by atoms with Crippen LogP contribution in [-0.2, 0) is 5.67 Å². The highest BCUT2D eigenvalue weighted by molar-refractivity contribution is 7.19. The molecule has 0 fully saturated rings. The fourth-order valence-electron chi connectivity index (χ4n) is 1.32. The lowest BCUT2D eigenvalue weighted by atomic mass is 10.1. The summed E-state index contributed by atoms with van der Waals surface area (Å²) >= 11 is 1.43. The Labute approximate surface area is 85.8 Å². The van der Waals surface area contributed by atoms with Gasteiger partial charge in [-0.1, -0.05) is 0 Å². The number of hydrogen-bond acceptors (Lipinski definition) is 2. The van der Waals surface area contributed by atoms with Gasteiger partial charge in [-0.25, -0.2) is 4.39 Å². The monoisotopic (exact) mass is 210 g/mol. The van der Waals surface area contributed by atoms with Crippen LogP contribution < -0.4 is 0 Å². The van der Waals surface area contributed by atoms with Crippen LogP contribution in [0.4, 0.5) is 4.39 Å². The first kappa shape index (κ1) is 9.46. The molecule has 74 valence electrons. The molecule has 0 saturated heterocycles. The maximum atomic E-state index is 13.6. The molecule has 0 unspecified atom stereocenters. The summed E-state index contributed by atoms with van der Waals surface area (Å²) in [5.74, 6) is 0.221. The first-order chi connectivity index (χ1) is 6.47. The summed E-state index contributed by atoms with van der Waals surface area (Å²) in [6.07, 6.45) is 0. The van der Waals surface area contributed by atoms with Crippen molar-refractivity contribution in [1.29, 1.82) is 0 Å². The number of fused-ring (bicyclic) bond motifs is 1. The van der Waals surface area contributed by atoms with Crippen LogP contribution in [0.3, 0.4) is 0 Å². The number of benzene rings is 1. The molecule has 1 N–H and O–H groups in total. The molecular formula is C11H11FOS. The van der Waals surface area contributed by atoms with E-state index in [1.54, 1.807) is 18.2 Å². The number of phenols is 1. The Hall–Kier alpha value is -1.09. The minimum absolute atomic E-state index is 0.221. The third-order valence-corrected chi connectivity index (χ3v) is 3.50. The average molecular weight is 210 g/mol. The molecule has 0 amide bonds. The van der Waals surface area contributed by atoms with E-state index in [1.807, 2.05) is 6.07 Å². The normalized spacial score (nSPS) is 12.2. The van der Waals surface area contributed by atoms with Gasteiger partial charge in [-0.3, -0.25) is 0 Å². The predicted molar refractivity (Wildman–Crippen MR) is 57.6 cm³/mol. The molecule has 1 aromatic carbocycles. The summed E-state index contributed by atoms with van der Waals surface area (Å²) < 4.78 is 14.6. The highest BCUT2D eigenvalue weighted by Gasteiger charge is 2.21. The molecular weight excluding hydrogens is 199 g/mol. The van der Waals surface area contributed by atoms with Crippen molar-refractivity contribution in [3.8, 4) is 5.75 Å². The van der Waals surface area contributed by atoms with Gasteiger partial charge in [0.05, 0.1) is 0 Å². The Bertz CT molecular complexity index is 468. The fourth-order valence-corrected chi connectivity index (χ4v) is 2.36. The summed E-state index contributed by atoms with van der Waals surface area (Å²) in [5, 5.41) is 10.2. The smallest absolute Gasteiger partial charge is 0.139 e. The molecule has 0 saturated carbocycles. The van der Waals surface area contributed by atoms with E-state index in [-0.39, 0.29) is 5.75 Å². The van der Waals surface area contributed by atoms with Crippen molar-refractivity contribution in [1.82, 2.24) is 0 Å². The van der Waals surface area contributed by atoms with Gasteiger partial charge in [0.15, 0.2) is 0 Å². The van der Waals surface area contributed by atoms with Crippen LogP contribution in [0, 0.1) is 0 Å². The highest BCUT2D eigenvalue weighted by Crippen LogP contribution is 2.36. The van der Waals surface area contributed by atoms with Crippen LogP contribution in [0.2, 0.25) is 0 Å². The Balaban J connectivity index is 2.63. The third-order valence-electron chi connectivity index (χ3n) is 2.09. The molecule has 0 aliphatic heterocycles. The van der Waals surface area contributed by atoms with Gasteiger partial charge in [-0.15, -0.1) is 11.3 Å². The molecule has 0 atom stereocenters. The van der Waals surface area contributed by atoms with E-state index in [2.05, 4.69) is 0 Å². The van der Waals surface area contributed by atoms with Crippen LogP contribution in [0.25, 0.3) is 10.1 Å². The van der Waals surface area contributed by atoms with Gasteiger partial charge >= 0.3 is 0 Å². The predicted octanol–water partition coefficient (Wildman–Crippen LogP) is 3.81. The maximum Gasteiger partial charge on any atom is 0.139 e. The zero-order valence-corrected chi connectivity index (χ0v) is 8.86. The molecule has 1 heterocycles. The van der Waals surface area contributed by atoms with E-state index in [0.29, 0.717) is 4.88 Å². The van der Waals surface area contributed by atoms with Crippen LogP contribution in [-0.4, -0.2) is 5.11 Å². The number of hydrogen-bond donors (Lipinski definition) is 1. The number of phenolic OH excluding ortho intramolecular Hbond substituents is 1. The van der Waals surface area contributed by atoms with Gasteiger partial charge in [0.2, 0.25) is 0 Å². The molecule has 0 aliphatic carbocycles. The molecule has 14 heavy (non-hydrogen) atoms. The van der Waals surface area contributed by atoms with Crippen LogP contribution >= 0.6 is 11.3 Å². The Morgan fingerprint density at radius 3 is 2.64 bits per heavy atom. The second-order valence-corrected chi connectivity index (χ2v) is 4.89. The van der Waals surface area contributed by atoms with E-state index in [0.717, 1.165) is 10.1 Å². The Morgan fingerprint density at radius 1 is 1.29 bits per heavy atom. The molecule has 0 radical (unpaired) electrons. The van der Waals surface area contributed by atoms with Gasteiger partial charge in [0.25, 0.3) is 0 Å². The number of halogens is 1. The average Bonchev–Trinajstić information content (AvgIpc) is 2.45. The van der Waals surface area contributed by atoms with Gasteiger partial charge in [0.1, 0.15) is 11.4 Å². The Kier molecular flexibility index (Phi) is 2.00. The summed E-state index contributed by atoms with van der Waals surface area (Å²) in [5.41, 5.74) is -1.31. The number of alkyl halides is 1. The standard InChI is InChI=1S/C11H11FOS/c1-11(2,12)10-6-7-5-8(13)3-4-9(7)14-10/h3-6,13H,1-2H3. The summed E-state index contributed by atoms with van der Waals surface area (Å²) in [6, 6.07) is 6.87. The molecule has 1 nitrogen and oxygen atoms in total. The van der Waals surface area contributed by atoms with Gasteiger partial charge in [-0.2, -0.15) is 0 Å². The Morgan fingerprint density at radius 2 is 2.00 bits per heavy atom. The molecule has 3 heteroatoms. The van der Waals surface area contributed by atoms with Crippen LogP contribution in [0.15, 0.2) is 24.3 Å². The summed E-state index contributed by atoms with van der Waals surface area (Å²) in [4.78, 5) is 0.693.